The molecule has 0 saturated carbocycles. The van der Waals surface area contributed by atoms with Gasteiger partial charge in [0.25, 0.3) is 0 Å². The van der Waals surface area contributed by atoms with Crippen molar-refractivity contribution in [2.45, 2.75) is 13.5 Å². The fourth-order valence-corrected chi connectivity index (χ4v) is 3.35. The third kappa shape index (κ3) is 5.75. The zero-order valence-electron chi connectivity index (χ0n) is 18.1. The number of allylic oxidation sites excluding steroid dienone is 1. The van der Waals surface area contributed by atoms with Crippen molar-refractivity contribution in [3.63, 3.8) is 0 Å². The monoisotopic (exact) mass is 458 g/mol. The highest BCUT2D eigenvalue weighted by atomic mass is 35.5. The summed E-state index contributed by atoms with van der Waals surface area (Å²) in [6.07, 6.45) is 3.09. The SMILES string of the molecule is COCCOc1ccc(C(=O)/C=C/c2c(C)nn(Cc3ccc(F)cc3)c2Cl)cc1OC. The Morgan fingerprint density at radius 2 is 1.88 bits per heavy atom. The first-order valence-corrected chi connectivity index (χ1v) is 10.3. The lowest BCUT2D eigenvalue weighted by Crippen LogP contribution is -2.06. The van der Waals surface area contributed by atoms with Gasteiger partial charge in [-0.05, 0) is 55.0 Å². The molecular formula is C24H24ClFN2O4. The van der Waals surface area contributed by atoms with E-state index in [0.29, 0.717) is 53.2 Å². The van der Waals surface area contributed by atoms with E-state index in [1.165, 1.54) is 25.3 Å². The zero-order chi connectivity index (χ0) is 23.1. The Hall–Kier alpha value is -3.16. The summed E-state index contributed by atoms with van der Waals surface area (Å²) in [4.78, 5) is 12.7. The Bertz CT molecular complexity index is 1110. The van der Waals surface area contributed by atoms with E-state index in [1.807, 2.05) is 6.92 Å². The highest BCUT2D eigenvalue weighted by Gasteiger charge is 2.13. The Kier molecular flexibility index (Phi) is 8.03. The molecule has 168 valence electrons. The summed E-state index contributed by atoms with van der Waals surface area (Å²) in [6.45, 7) is 3.02. The van der Waals surface area contributed by atoms with E-state index in [0.717, 1.165) is 5.56 Å². The van der Waals surface area contributed by atoms with Crippen molar-refractivity contribution < 1.29 is 23.4 Å². The molecule has 0 N–H and O–H groups in total. The molecule has 1 aromatic heterocycles. The molecule has 0 aliphatic carbocycles. The lowest BCUT2D eigenvalue weighted by atomic mass is 10.1. The molecular weight excluding hydrogens is 435 g/mol. The largest absolute Gasteiger partial charge is 0.493 e. The van der Waals surface area contributed by atoms with E-state index in [-0.39, 0.29) is 11.6 Å². The van der Waals surface area contributed by atoms with Gasteiger partial charge in [0.05, 0.1) is 26.0 Å². The number of rotatable bonds is 10. The number of carbonyl (C=O) groups excluding carboxylic acids is 1. The van der Waals surface area contributed by atoms with E-state index in [9.17, 15) is 9.18 Å². The topological polar surface area (TPSA) is 62.6 Å². The fraction of sp³-hybridized carbons (Fsp3) is 0.250. The number of ether oxygens (including phenoxy) is 3. The maximum atomic E-state index is 13.1. The van der Waals surface area contributed by atoms with Crippen LogP contribution in [0.25, 0.3) is 6.08 Å². The molecule has 0 atom stereocenters. The number of aryl methyl sites for hydroxylation is 1. The number of hydrogen-bond donors (Lipinski definition) is 0. The number of aromatic nitrogens is 2. The average molecular weight is 459 g/mol. The fourth-order valence-electron chi connectivity index (χ4n) is 3.05. The molecule has 6 nitrogen and oxygen atoms in total. The van der Waals surface area contributed by atoms with Crippen LogP contribution < -0.4 is 9.47 Å². The Balaban J connectivity index is 1.75. The molecule has 0 aliphatic rings. The average Bonchev–Trinajstić information content (AvgIpc) is 3.06. The standard InChI is InChI=1S/C24H24ClFN2O4/c1-16-20(24(25)28(27-16)15-17-4-7-19(26)8-5-17)9-10-21(29)18-6-11-22(23(14-18)31-3)32-13-12-30-2/h4-11,14H,12-13,15H2,1-3H3/b10-9+. The molecule has 3 rings (SSSR count). The van der Waals surface area contributed by atoms with Gasteiger partial charge in [-0.3, -0.25) is 4.79 Å². The molecule has 0 unspecified atom stereocenters. The number of carbonyl (C=O) groups is 1. The second-order valence-electron chi connectivity index (χ2n) is 6.98. The molecule has 1 heterocycles. The number of halogens is 2. The van der Waals surface area contributed by atoms with E-state index in [1.54, 1.807) is 48.2 Å². The van der Waals surface area contributed by atoms with Gasteiger partial charge >= 0.3 is 0 Å². The second-order valence-corrected chi connectivity index (χ2v) is 7.34. The zero-order valence-corrected chi connectivity index (χ0v) is 18.9. The molecule has 2 aromatic carbocycles. The van der Waals surface area contributed by atoms with Crippen LogP contribution in [0.15, 0.2) is 48.5 Å². The lowest BCUT2D eigenvalue weighted by molar-refractivity contribution is 0.104. The minimum atomic E-state index is -0.301. The van der Waals surface area contributed by atoms with Crippen molar-refractivity contribution in [1.29, 1.82) is 0 Å². The van der Waals surface area contributed by atoms with Gasteiger partial charge in [0.1, 0.15) is 17.6 Å². The molecule has 0 spiro atoms. The molecule has 3 aromatic rings. The summed E-state index contributed by atoms with van der Waals surface area (Å²) in [5.74, 6) is 0.478. The van der Waals surface area contributed by atoms with Crippen molar-refractivity contribution in [3.05, 3.63) is 81.9 Å². The molecule has 0 fully saturated rings. The Labute approximate surface area is 191 Å². The van der Waals surface area contributed by atoms with Crippen LogP contribution in [-0.2, 0) is 11.3 Å². The molecule has 0 aliphatic heterocycles. The summed E-state index contributed by atoms with van der Waals surface area (Å²) in [5, 5.41) is 4.83. The molecule has 0 saturated heterocycles. The third-order valence-electron chi connectivity index (χ3n) is 4.75. The van der Waals surface area contributed by atoms with E-state index in [4.69, 9.17) is 25.8 Å². The van der Waals surface area contributed by atoms with Gasteiger partial charge in [0.2, 0.25) is 0 Å². The molecule has 0 amide bonds. The first kappa shape index (κ1) is 23.5. The van der Waals surface area contributed by atoms with Crippen LogP contribution >= 0.6 is 11.6 Å². The van der Waals surface area contributed by atoms with Crippen LogP contribution in [0, 0.1) is 12.7 Å². The summed E-state index contributed by atoms with van der Waals surface area (Å²) in [5.41, 5.74) is 2.64. The minimum Gasteiger partial charge on any atom is -0.493 e. The molecule has 0 bridgehead atoms. The number of nitrogens with zero attached hydrogens (tertiary/aromatic N) is 2. The van der Waals surface area contributed by atoms with Gasteiger partial charge in [-0.2, -0.15) is 5.10 Å². The van der Waals surface area contributed by atoms with Gasteiger partial charge in [-0.1, -0.05) is 23.7 Å². The predicted molar refractivity (Wildman–Crippen MR) is 121 cm³/mol. The van der Waals surface area contributed by atoms with Crippen molar-refractivity contribution in [2.75, 3.05) is 27.4 Å². The first-order valence-electron chi connectivity index (χ1n) is 9.92. The van der Waals surface area contributed by atoms with E-state index < -0.39 is 0 Å². The maximum absolute atomic E-state index is 13.1. The Morgan fingerprint density at radius 3 is 2.56 bits per heavy atom. The van der Waals surface area contributed by atoms with E-state index in [2.05, 4.69) is 5.10 Å². The first-order chi connectivity index (χ1) is 15.4. The van der Waals surface area contributed by atoms with Crippen LogP contribution in [-0.4, -0.2) is 43.0 Å². The van der Waals surface area contributed by atoms with Crippen LogP contribution in [0.4, 0.5) is 4.39 Å². The van der Waals surface area contributed by atoms with Crippen molar-refractivity contribution in [1.82, 2.24) is 9.78 Å². The molecule has 8 heteroatoms. The summed E-state index contributed by atoms with van der Waals surface area (Å²) < 4.78 is 30.6. The quantitative estimate of drug-likeness (QED) is 0.244. The third-order valence-corrected chi connectivity index (χ3v) is 5.15. The second kappa shape index (κ2) is 10.9. The normalized spacial score (nSPS) is 11.2. The van der Waals surface area contributed by atoms with Crippen LogP contribution in [0.5, 0.6) is 11.5 Å². The van der Waals surface area contributed by atoms with Crippen LogP contribution in [0.1, 0.15) is 27.2 Å². The number of benzene rings is 2. The van der Waals surface area contributed by atoms with Gasteiger partial charge in [-0.25, -0.2) is 9.07 Å². The highest BCUT2D eigenvalue weighted by molar-refractivity contribution is 6.31. The van der Waals surface area contributed by atoms with Crippen LogP contribution in [0.2, 0.25) is 5.15 Å². The highest BCUT2D eigenvalue weighted by Crippen LogP contribution is 2.29. The van der Waals surface area contributed by atoms with Crippen LogP contribution in [0.3, 0.4) is 0 Å². The number of ketones is 1. The molecule has 32 heavy (non-hydrogen) atoms. The molecule has 0 radical (unpaired) electrons. The lowest BCUT2D eigenvalue weighted by Gasteiger charge is -2.11. The summed E-state index contributed by atoms with van der Waals surface area (Å²) in [6, 6.07) is 11.1. The van der Waals surface area contributed by atoms with Gasteiger partial charge < -0.3 is 14.2 Å². The van der Waals surface area contributed by atoms with Gasteiger partial charge in [0.15, 0.2) is 17.3 Å². The summed E-state index contributed by atoms with van der Waals surface area (Å²) in [7, 11) is 3.11. The van der Waals surface area contributed by atoms with Crippen molar-refractivity contribution in [2.24, 2.45) is 0 Å². The smallest absolute Gasteiger partial charge is 0.185 e. The predicted octanol–water partition coefficient (Wildman–Crippen LogP) is 4.96. The van der Waals surface area contributed by atoms with Crippen molar-refractivity contribution in [3.8, 4) is 11.5 Å². The maximum Gasteiger partial charge on any atom is 0.185 e. The number of hydrogen-bond acceptors (Lipinski definition) is 5. The van der Waals surface area contributed by atoms with Gasteiger partial charge in [0, 0.05) is 18.2 Å². The summed E-state index contributed by atoms with van der Waals surface area (Å²) >= 11 is 6.49. The number of methoxy groups -OCH3 is 2. The Morgan fingerprint density at radius 1 is 1.12 bits per heavy atom. The van der Waals surface area contributed by atoms with Gasteiger partial charge in [-0.15, -0.1) is 0 Å². The van der Waals surface area contributed by atoms with E-state index >= 15 is 0 Å². The van der Waals surface area contributed by atoms with Crippen molar-refractivity contribution >= 4 is 23.5 Å². The minimum absolute atomic E-state index is 0.214.